The van der Waals surface area contributed by atoms with Gasteiger partial charge in [-0.05, 0) is 40.5 Å². The molecule has 0 unspecified atom stereocenters. The summed E-state index contributed by atoms with van der Waals surface area (Å²) in [5.41, 5.74) is 0.222. The maximum absolute atomic E-state index is 12.0. The summed E-state index contributed by atoms with van der Waals surface area (Å²) in [6.45, 7) is 9.24. The van der Waals surface area contributed by atoms with Crippen LogP contribution in [0.15, 0.2) is 12.4 Å². The number of ether oxygens (including phenoxy) is 2. The number of esters is 1. The summed E-state index contributed by atoms with van der Waals surface area (Å²) in [6, 6.07) is 0.286. The number of nitrogens with zero attached hydrogens (tertiary/aromatic N) is 3. The van der Waals surface area contributed by atoms with Crippen LogP contribution in [0.2, 0.25) is 0 Å². The molecule has 1 aliphatic carbocycles. The van der Waals surface area contributed by atoms with Crippen molar-refractivity contribution in [3.05, 3.63) is 18.0 Å². The van der Waals surface area contributed by atoms with E-state index in [4.69, 9.17) is 9.47 Å². The van der Waals surface area contributed by atoms with Crippen LogP contribution in [-0.2, 0) is 9.47 Å². The fraction of sp³-hybridized carbons (Fsp3) is 0.706. The van der Waals surface area contributed by atoms with E-state index in [1.807, 2.05) is 25.5 Å². The molecule has 1 amide bonds. The van der Waals surface area contributed by atoms with Gasteiger partial charge in [-0.15, -0.1) is 0 Å². The third-order valence-corrected chi connectivity index (χ3v) is 4.53. The van der Waals surface area contributed by atoms with E-state index >= 15 is 0 Å². The largest absolute Gasteiger partial charge is 0.462 e. The Kier molecular flexibility index (Phi) is 4.05. The van der Waals surface area contributed by atoms with Crippen LogP contribution in [0.1, 0.15) is 56.9 Å². The van der Waals surface area contributed by atoms with E-state index in [-0.39, 0.29) is 23.5 Å². The Morgan fingerprint density at radius 2 is 2.00 bits per heavy atom. The van der Waals surface area contributed by atoms with Gasteiger partial charge in [0.25, 0.3) is 0 Å². The molecular weight excluding hydrogens is 310 g/mol. The molecule has 0 atom stereocenters. The first-order chi connectivity index (χ1) is 11.2. The molecular formula is C17H25N3O4. The summed E-state index contributed by atoms with van der Waals surface area (Å²) in [6.07, 6.45) is 5.00. The number of carbonyl (C=O) groups is 2. The van der Waals surface area contributed by atoms with E-state index in [0.29, 0.717) is 12.2 Å². The summed E-state index contributed by atoms with van der Waals surface area (Å²) >= 11 is 0. The summed E-state index contributed by atoms with van der Waals surface area (Å²) in [7, 11) is 0. The van der Waals surface area contributed by atoms with Crippen molar-refractivity contribution >= 4 is 12.1 Å². The summed E-state index contributed by atoms with van der Waals surface area (Å²) < 4.78 is 12.2. The van der Waals surface area contributed by atoms with Crippen LogP contribution in [0.3, 0.4) is 0 Å². The highest BCUT2D eigenvalue weighted by atomic mass is 16.6. The highest BCUT2D eigenvalue weighted by Gasteiger charge is 2.55. The number of aromatic nitrogens is 2. The number of likely N-dealkylation sites (tertiary alicyclic amines) is 1. The van der Waals surface area contributed by atoms with Crippen molar-refractivity contribution < 1.29 is 19.1 Å². The van der Waals surface area contributed by atoms with Gasteiger partial charge in [-0.1, -0.05) is 0 Å². The lowest BCUT2D eigenvalue weighted by Crippen LogP contribution is -2.64. The minimum absolute atomic E-state index is 0.192. The summed E-state index contributed by atoms with van der Waals surface area (Å²) in [5.74, 6) is -0.336. The quantitative estimate of drug-likeness (QED) is 0.794. The molecule has 1 aliphatic heterocycles. The topological polar surface area (TPSA) is 73.7 Å². The van der Waals surface area contributed by atoms with E-state index in [1.165, 1.54) is 0 Å². The van der Waals surface area contributed by atoms with Crippen molar-refractivity contribution in [2.75, 3.05) is 19.7 Å². The predicted octanol–water partition coefficient (Wildman–Crippen LogP) is 2.63. The lowest BCUT2D eigenvalue weighted by Gasteiger charge is -2.58. The molecule has 2 heterocycles. The Hall–Kier alpha value is -2.05. The minimum atomic E-state index is -0.458. The normalized spacial score (nSPS) is 19.6. The van der Waals surface area contributed by atoms with E-state index in [9.17, 15) is 9.59 Å². The zero-order valence-electron chi connectivity index (χ0n) is 14.7. The number of hydrogen-bond acceptors (Lipinski definition) is 5. The van der Waals surface area contributed by atoms with Crippen LogP contribution in [0.4, 0.5) is 4.79 Å². The fourth-order valence-electron chi connectivity index (χ4n) is 3.46. The van der Waals surface area contributed by atoms with Gasteiger partial charge in [-0.25, -0.2) is 9.59 Å². The minimum Gasteiger partial charge on any atom is -0.462 e. The molecule has 132 valence electrons. The first-order valence-electron chi connectivity index (χ1n) is 8.41. The Balaban J connectivity index is 1.49. The van der Waals surface area contributed by atoms with Crippen molar-refractivity contribution in [2.24, 2.45) is 5.41 Å². The maximum atomic E-state index is 12.0. The third-order valence-electron chi connectivity index (χ3n) is 4.53. The number of hydrogen-bond donors (Lipinski definition) is 0. The molecule has 1 aromatic heterocycles. The molecule has 7 heteroatoms. The molecule has 0 radical (unpaired) electrons. The molecule has 1 saturated carbocycles. The van der Waals surface area contributed by atoms with E-state index < -0.39 is 5.60 Å². The van der Waals surface area contributed by atoms with Gasteiger partial charge in [-0.3, -0.25) is 4.68 Å². The Morgan fingerprint density at radius 3 is 2.58 bits per heavy atom. The first kappa shape index (κ1) is 16.8. The van der Waals surface area contributed by atoms with Crippen molar-refractivity contribution in [3.63, 3.8) is 0 Å². The Morgan fingerprint density at radius 1 is 1.33 bits per heavy atom. The van der Waals surface area contributed by atoms with Gasteiger partial charge in [0.05, 0.1) is 24.4 Å². The predicted molar refractivity (Wildman–Crippen MR) is 86.7 cm³/mol. The second kappa shape index (κ2) is 5.79. The standard InChI is InChI=1S/C17H25N3O4/c1-5-23-14(21)12-8-18-20(9-12)13-6-17(7-13)10-19(11-17)15(22)24-16(2,3)4/h8-9,13H,5-7,10-11H2,1-4H3. The monoisotopic (exact) mass is 335 g/mol. The smallest absolute Gasteiger partial charge is 0.410 e. The highest BCUT2D eigenvalue weighted by Crippen LogP contribution is 2.54. The molecule has 1 spiro atoms. The molecule has 3 rings (SSSR count). The summed E-state index contributed by atoms with van der Waals surface area (Å²) in [5, 5.41) is 4.28. The van der Waals surface area contributed by atoms with Gasteiger partial charge in [0.15, 0.2) is 0 Å². The molecule has 2 aliphatic rings. The Bertz CT molecular complexity index is 633. The lowest BCUT2D eigenvalue weighted by atomic mass is 9.61. The van der Waals surface area contributed by atoms with Crippen molar-refractivity contribution in [1.82, 2.24) is 14.7 Å². The molecule has 1 aromatic rings. The van der Waals surface area contributed by atoms with Gasteiger partial charge in [-0.2, -0.15) is 5.10 Å². The van der Waals surface area contributed by atoms with Crippen LogP contribution < -0.4 is 0 Å². The highest BCUT2D eigenvalue weighted by molar-refractivity contribution is 5.88. The van der Waals surface area contributed by atoms with Crippen LogP contribution in [0, 0.1) is 5.41 Å². The van der Waals surface area contributed by atoms with Crippen molar-refractivity contribution in [1.29, 1.82) is 0 Å². The number of carbonyl (C=O) groups excluding carboxylic acids is 2. The molecule has 0 aromatic carbocycles. The summed E-state index contributed by atoms with van der Waals surface area (Å²) in [4.78, 5) is 25.4. The van der Waals surface area contributed by atoms with Gasteiger partial charge in [0, 0.05) is 24.7 Å². The number of rotatable bonds is 3. The van der Waals surface area contributed by atoms with Crippen molar-refractivity contribution in [3.8, 4) is 0 Å². The van der Waals surface area contributed by atoms with Crippen molar-refractivity contribution in [2.45, 2.75) is 52.2 Å². The Labute approximate surface area is 141 Å². The molecule has 2 fully saturated rings. The molecule has 0 bridgehead atoms. The zero-order chi connectivity index (χ0) is 17.5. The molecule has 24 heavy (non-hydrogen) atoms. The average Bonchev–Trinajstić information content (AvgIpc) is 2.83. The van der Waals surface area contributed by atoms with E-state index in [0.717, 1.165) is 25.9 Å². The third kappa shape index (κ3) is 3.25. The first-order valence-corrected chi connectivity index (χ1v) is 8.41. The van der Waals surface area contributed by atoms with Crippen LogP contribution in [-0.4, -0.2) is 52.0 Å². The zero-order valence-corrected chi connectivity index (χ0v) is 14.7. The van der Waals surface area contributed by atoms with E-state index in [2.05, 4.69) is 5.10 Å². The van der Waals surface area contributed by atoms with Gasteiger partial charge in [0.1, 0.15) is 5.60 Å². The van der Waals surface area contributed by atoms with Gasteiger partial charge < -0.3 is 14.4 Å². The second-order valence-corrected chi connectivity index (χ2v) is 7.83. The number of amides is 1. The average molecular weight is 335 g/mol. The maximum Gasteiger partial charge on any atom is 0.410 e. The van der Waals surface area contributed by atoms with Gasteiger partial charge >= 0.3 is 12.1 Å². The van der Waals surface area contributed by atoms with Crippen LogP contribution in [0.5, 0.6) is 0 Å². The SMILES string of the molecule is CCOC(=O)c1cnn(C2CC3(C2)CN(C(=O)OC(C)(C)C)C3)c1. The lowest BCUT2D eigenvalue weighted by molar-refractivity contribution is -0.0927. The molecule has 7 nitrogen and oxygen atoms in total. The second-order valence-electron chi connectivity index (χ2n) is 7.83. The fourth-order valence-corrected chi connectivity index (χ4v) is 3.46. The van der Waals surface area contributed by atoms with Crippen LogP contribution in [0.25, 0.3) is 0 Å². The molecule has 0 N–H and O–H groups in total. The van der Waals surface area contributed by atoms with Crippen LogP contribution >= 0.6 is 0 Å². The van der Waals surface area contributed by atoms with E-state index in [1.54, 1.807) is 24.2 Å². The molecule has 1 saturated heterocycles. The van der Waals surface area contributed by atoms with Gasteiger partial charge in [0.2, 0.25) is 0 Å².